The quantitative estimate of drug-likeness (QED) is 0.918. The number of furan rings is 1. The van der Waals surface area contributed by atoms with Gasteiger partial charge < -0.3 is 14.6 Å². The van der Waals surface area contributed by atoms with Crippen LogP contribution in [-0.2, 0) is 11.3 Å². The molecule has 4 nitrogen and oxygen atoms in total. The average molecular weight is 276 g/mol. The Morgan fingerprint density at radius 1 is 1.40 bits per heavy atom. The minimum Gasteiger partial charge on any atom is -0.467 e. The Kier molecular flexibility index (Phi) is 4.10. The van der Waals surface area contributed by atoms with E-state index in [9.17, 15) is 4.79 Å². The molecular weight excluding hydrogens is 252 g/mol. The first-order chi connectivity index (χ1) is 9.75. The van der Waals surface area contributed by atoms with Gasteiger partial charge in [0.1, 0.15) is 5.76 Å². The van der Waals surface area contributed by atoms with Crippen LogP contribution in [0.2, 0.25) is 0 Å². The molecule has 20 heavy (non-hydrogen) atoms. The summed E-state index contributed by atoms with van der Waals surface area (Å²) >= 11 is 0. The molecule has 0 unspecified atom stereocenters. The summed E-state index contributed by atoms with van der Waals surface area (Å²) in [6.45, 7) is 4.57. The highest BCUT2D eigenvalue weighted by molar-refractivity contribution is 5.80. The zero-order valence-corrected chi connectivity index (χ0v) is 12.2. The van der Waals surface area contributed by atoms with Gasteiger partial charge in [-0.15, -0.1) is 0 Å². The van der Waals surface area contributed by atoms with Crippen LogP contribution in [0.3, 0.4) is 0 Å². The molecule has 0 radical (unpaired) electrons. The van der Waals surface area contributed by atoms with Crippen LogP contribution in [0.25, 0.3) is 0 Å². The molecule has 1 N–H and O–H groups in total. The molecule has 0 bridgehead atoms. The molecule has 3 rings (SSSR count). The first-order valence-electron chi connectivity index (χ1n) is 7.79. The number of carbonyl (C=O) groups excluding carboxylic acids is 1. The van der Waals surface area contributed by atoms with Crippen molar-refractivity contribution in [2.45, 2.75) is 45.2 Å². The van der Waals surface area contributed by atoms with E-state index in [-0.39, 0.29) is 5.92 Å². The maximum atomic E-state index is 12.9. The van der Waals surface area contributed by atoms with Gasteiger partial charge in [0.05, 0.1) is 18.7 Å². The van der Waals surface area contributed by atoms with Gasteiger partial charge in [-0.3, -0.25) is 4.79 Å². The third-order valence-electron chi connectivity index (χ3n) is 4.79. The van der Waals surface area contributed by atoms with Crippen molar-refractivity contribution in [2.24, 2.45) is 11.8 Å². The van der Waals surface area contributed by atoms with Crippen LogP contribution in [0.5, 0.6) is 0 Å². The minimum absolute atomic E-state index is 0.130. The third kappa shape index (κ3) is 2.75. The molecule has 2 aliphatic rings. The number of amides is 1. The molecule has 1 saturated heterocycles. The first-order valence-corrected chi connectivity index (χ1v) is 7.79. The van der Waals surface area contributed by atoms with Gasteiger partial charge >= 0.3 is 0 Å². The molecule has 0 spiro atoms. The monoisotopic (exact) mass is 276 g/mol. The van der Waals surface area contributed by atoms with Gasteiger partial charge in [-0.25, -0.2) is 0 Å². The number of nitrogens with zero attached hydrogens (tertiary/aromatic N) is 1. The highest BCUT2D eigenvalue weighted by atomic mass is 16.3. The van der Waals surface area contributed by atoms with E-state index in [1.165, 1.54) is 12.8 Å². The van der Waals surface area contributed by atoms with E-state index in [2.05, 4.69) is 17.1 Å². The third-order valence-corrected chi connectivity index (χ3v) is 4.79. The topological polar surface area (TPSA) is 45.5 Å². The minimum atomic E-state index is 0.130. The van der Waals surface area contributed by atoms with Gasteiger partial charge in [0.15, 0.2) is 0 Å². The number of rotatable bonds is 4. The largest absolute Gasteiger partial charge is 0.467 e. The normalized spacial score (nSPS) is 27.1. The summed E-state index contributed by atoms with van der Waals surface area (Å²) in [5.41, 5.74) is 0. The summed E-state index contributed by atoms with van der Waals surface area (Å²) < 4.78 is 5.45. The van der Waals surface area contributed by atoms with E-state index in [4.69, 9.17) is 4.42 Å². The van der Waals surface area contributed by atoms with Crippen molar-refractivity contribution >= 4 is 5.91 Å². The van der Waals surface area contributed by atoms with Crippen LogP contribution >= 0.6 is 0 Å². The summed E-state index contributed by atoms with van der Waals surface area (Å²) in [4.78, 5) is 15.0. The highest BCUT2D eigenvalue weighted by Gasteiger charge is 2.36. The lowest BCUT2D eigenvalue weighted by atomic mass is 9.95. The molecule has 4 heteroatoms. The Balaban J connectivity index is 1.75. The Hall–Kier alpha value is -1.29. The lowest BCUT2D eigenvalue weighted by molar-refractivity contribution is -0.139. The highest BCUT2D eigenvalue weighted by Crippen LogP contribution is 2.28. The number of hydrogen-bond acceptors (Lipinski definition) is 3. The Bertz CT molecular complexity index is 437. The van der Waals surface area contributed by atoms with Crippen LogP contribution in [0, 0.1) is 11.8 Å². The van der Waals surface area contributed by atoms with Gasteiger partial charge in [0.25, 0.3) is 0 Å². The van der Waals surface area contributed by atoms with Crippen molar-refractivity contribution in [3.05, 3.63) is 24.2 Å². The molecule has 2 atom stereocenters. The van der Waals surface area contributed by atoms with Gasteiger partial charge in [0, 0.05) is 12.6 Å². The molecule has 1 aliphatic heterocycles. The fraction of sp³-hybridized carbons (Fsp3) is 0.688. The number of hydrogen-bond donors (Lipinski definition) is 1. The number of nitrogens with one attached hydrogen (secondary N) is 1. The maximum Gasteiger partial charge on any atom is 0.227 e. The first kappa shape index (κ1) is 13.7. The van der Waals surface area contributed by atoms with E-state index in [0.29, 0.717) is 24.4 Å². The molecule has 1 amide bonds. The van der Waals surface area contributed by atoms with E-state index in [1.54, 1.807) is 6.26 Å². The van der Waals surface area contributed by atoms with Crippen LogP contribution in [0.4, 0.5) is 0 Å². The zero-order chi connectivity index (χ0) is 13.9. The number of carbonyl (C=O) groups is 1. The van der Waals surface area contributed by atoms with Crippen LogP contribution < -0.4 is 5.32 Å². The van der Waals surface area contributed by atoms with Gasteiger partial charge in [-0.1, -0.05) is 19.8 Å². The van der Waals surface area contributed by atoms with E-state index in [0.717, 1.165) is 31.7 Å². The van der Waals surface area contributed by atoms with Crippen LogP contribution in [-0.4, -0.2) is 29.9 Å². The smallest absolute Gasteiger partial charge is 0.227 e. The summed E-state index contributed by atoms with van der Waals surface area (Å²) in [6, 6.07) is 4.26. The fourth-order valence-electron chi connectivity index (χ4n) is 3.53. The second kappa shape index (κ2) is 6.00. The lowest BCUT2D eigenvalue weighted by Crippen LogP contribution is -2.43. The predicted octanol–water partition coefficient (Wildman–Crippen LogP) is 2.41. The second-order valence-electron chi connectivity index (χ2n) is 6.23. The van der Waals surface area contributed by atoms with Crippen molar-refractivity contribution in [3.63, 3.8) is 0 Å². The average Bonchev–Trinajstić information content (AvgIpc) is 3.17. The molecule has 0 aromatic carbocycles. The maximum absolute atomic E-state index is 12.9. The SMILES string of the molecule is C[C@@H]1CNC[C@H]1C(=O)N(Cc1ccco1)C1CCCC1. The van der Waals surface area contributed by atoms with E-state index >= 15 is 0 Å². The second-order valence-corrected chi connectivity index (χ2v) is 6.23. The van der Waals surface area contributed by atoms with E-state index < -0.39 is 0 Å². The van der Waals surface area contributed by atoms with Crippen LogP contribution in [0.1, 0.15) is 38.4 Å². The standard InChI is InChI=1S/C16H24N2O2/c1-12-9-17-10-15(12)16(19)18(13-5-2-3-6-13)11-14-7-4-8-20-14/h4,7-8,12-13,15,17H,2-3,5-6,9-11H2,1H3/t12-,15-/m1/s1. The van der Waals surface area contributed by atoms with Gasteiger partial charge in [0.2, 0.25) is 5.91 Å². The molecule has 1 aromatic heterocycles. The van der Waals surface area contributed by atoms with Crippen molar-refractivity contribution in [1.82, 2.24) is 10.2 Å². The summed E-state index contributed by atoms with van der Waals surface area (Å²) in [6.07, 6.45) is 6.45. The molecule has 1 saturated carbocycles. The van der Waals surface area contributed by atoms with Crippen molar-refractivity contribution < 1.29 is 9.21 Å². The Morgan fingerprint density at radius 3 is 2.80 bits per heavy atom. The Morgan fingerprint density at radius 2 is 2.20 bits per heavy atom. The van der Waals surface area contributed by atoms with Gasteiger partial charge in [-0.2, -0.15) is 0 Å². The molecule has 1 aliphatic carbocycles. The molecular formula is C16H24N2O2. The van der Waals surface area contributed by atoms with Crippen molar-refractivity contribution in [1.29, 1.82) is 0 Å². The summed E-state index contributed by atoms with van der Waals surface area (Å²) in [5, 5.41) is 3.34. The molecule has 2 fully saturated rings. The van der Waals surface area contributed by atoms with Gasteiger partial charge in [-0.05, 0) is 37.4 Å². The zero-order valence-electron chi connectivity index (χ0n) is 12.2. The van der Waals surface area contributed by atoms with Crippen molar-refractivity contribution in [2.75, 3.05) is 13.1 Å². The predicted molar refractivity (Wildman–Crippen MR) is 77.0 cm³/mol. The lowest BCUT2D eigenvalue weighted by Gasteiger charge is -2.31. The molecule has 2 heterocycles. The van der Waals surface area contributed by atoms with Crippen LogP contribution in [0.15, 0.2) is 22.8 Å². The Labute approximate surface area is 120 Å². The summed E-state index contributed by atoms with van der Waals surface area (Å²) in [5.74, 6) is 1.77. The fourth-order valence-corrected chi connectivity index (χ4v) is 3.53. The molecule has 110 valence electrons. The summed E-state index contributed by atoms with van der Waals surface area (Å²) in [7, 11) is 0. The van der Waals surface area contributed by atoms with E-state index in [1.807, 2.05) is 12.1 Å². The molecule has 1 aromatic rings. The van der Waals surface area contributed by atoms with Crippen molar-refractivity contribution in [3.8, 4) is 0 Å².